The number of para-hydroxylation sites is 1. The van der Waals surface area contributed by atoms with Crippen molar-refractivity contribution in [2.24, 2.45) is 0 Å². The highest BCUT2D eigenvalue weighted by molar-refractivity contribution is 5.98. The van der Waals surface area contributed by atoms with Gasteiger partial charge in [-0.2, -0.15) is 0 Å². The van der Waals surface area contributed by atoms with Crippen LogP contribution in [-0.4, -0.2) is 23.1 Å². The van der Waals surface area contributed by atoms with Gasteiger partial charge in [0.05, 0.1) is 17.6 Å². The molecule has 7 heteroatoms. The van der Waals surface area contributed by atoms with Crippen LogP contribution in [0.3, 0.4) is 0 Å². The van der Waals surface area contributed by atoms with Crippen LogP contribution in [0.25, 0.3) is 0 Å². The molecule has 21 heavy (non-hydrogen) atoms. The highest BCUT2D eigenvalue weighted by Gasteiger charge is 2.21. The molecular weight excluding hydrogens is 276 g/mol. The molecule has 2 aromatic carbocycles. The maximum Gasteiger partial charge on any atom is 0.338 e. The predicted octanol–water partition coefficient (Wildman–Crippen LogP) is 3.05. The van der Waals surface area contributed by atoms with Crippen LogP contribution >= 0.6 is 0 Å². The molecule has 2 N–H and O–H groups in total. The van der Waals surface area contributed by atoms with E-state index in [4.69, 9.17) is 9.84 Å². The normalized spacial score (nSPS) is 9.95. The summed E-state index contributed by atoms with van der Waals surface area (Å²) in [5.74, 6) is -0.615. The number of methoxy groups -OCH3 is 1. The number of nitro groups is 1. The van der Waals surface area contributed by atoms with E-state index >= 15 is 0 Å². The van der Waals surface area contributed by atoms with Gasteiger partial charge < -0.3 is 15.2 Å². The SMILES string of the molecule is COc1ccc(Nc2c(C(=O)O)cccc2[N+](=O)[O-])cc1. The van der Waals surface area contributed by atoms with E-state index in [1.165, 1.54) is 25.3 Å². The maximum atomic E-state index is 11.2. The number of hydrogen-bond donors (Lipinski definition) is 2. The fraction of sp³-hybridized carbons (Fsp3) is 0.0714. The smallest absolute Gasteiger partial charge is 0.338 e. The van der Waals surface area contributed by atoms with Crippen molar-refractivity contribution in [3.05, 3.63) is 58.1 Å². The summed E-state index contributed by atoms with van der Waals surface area (Å²) in [5, 5.41) is 23.0. The fourth-order valence-corrected chi connectivity index (χ4v) is 1.82. The van der Waals surface area contributed by atoms with Crippen LogP contribution in [0, 0.1) is 10.1 Å². The number of hydrogen-bond acceptors (Lipinski definition) is 5. The molecule has 0 heterocycles. The van der Waals surface area contributed by atoms with Gasteiger partial charge in [0, 0.05) is 11.8 Å². The molecule has 0 spiro atoms. The Bertz CT molecular complexity index is 650. The first-order chi connectivity index (χ1) is 10.0. The minimum Gasteiger partial charge on any atom is -0.497 e. The van der Waals surface area contributed by atoms with Crippen molar-refractivity contribution in [3.63, 3.8) is 0 Å². The summed E-state index contributed by atoms with van der Waals surface area (Å²) in [6.07, 6.45) is 0. The van der Waals surface area contributed by atoms with E-state index in [1.54, 1.807) is 24.3 Å². The second kappa shape index (κ2) is 5.91. The summed E-state index contributed by atoms with van der Waals surface area (Å²) < 4.78 is 5.01. The van der Waals surface area contributed by atoms with Gasteiger partial charge in [0.15, 0.2) is 0 Å². The lowest BCUT2D eigenvalue weighted by Gasteiger charge is -2.10. The largest absolute Gasteiger partial charge is 0.497 e. The van der Waals surface area contributed by atoms with Crippen molar-refractivity contribution >= 4 is 23.0 Å². The number of carboxylic acids is 1. The molecule has 0 saturated carbocycles. The summed E-state index contributed by atoms with van der Waals surface area (Å²) in [7, 11) is 1.52. The molecule has 0 atom stereocenters. The third-order valence-corrected chi connectivity index (χ3v) is 2.83. The molecule has 0 unspecified atom stereocenters. The maximum absolute atomic E-state index is 11.2. The van der Waals surface area contributed by atoms with Crippen molar-refractivity contribution in [2.75, 3.05) is 12.4 Å². The Kier molecular flexibility index (Phi) is 4.03. The second-order valence-corrected chi connectivity index (χ2v) is 4.12. The molecule has 0 radical (unpaired) electrons. The van der Waals surface area contributed by atoms with Crippen molar-refractivity contribution in [1.82, 2.24) is 0 Å². The lowest BCUT2D eigenvalue weighted by Crippen LogP contribution is -2.05. The number of benzene rings is 2. The Morgan fingerprint density at radius 3 is 2.43 bits per heavy atom. The molecule has 0 fully saturated rings. The van der Waals surface area contributed by atoms with Gasteiger partial charge in [0.2, 0.25) is 0 Å². The Morgan fingerprint density at radius 2 is 1.90 bits per heavy atom. The van der Waals surface area contributed by atoms with Gasteiger partial charge in [-0.25, -0.2) is 4.79 Å². The van der Waals surface area contributed by atoms with Crippen LogP contribution in [0.1, 0.15) is 10.4 Å². The van der Waals surface area contributed by atoms with Crippen LogP contribution in [0.5, 0.6) is 5.75 Å². The monoisotopic (exact) mass is 288 g/mol. The van der Waals surface area contributed by atoms with E-state index in [0.29, 0.717) is 11.4 Å². The van der Waals surface area contributed by atoms with E-state index in [1.807, 2.05) is 0 Å². The standard InChI is InChI=1S/C14H12N2O5/c1-21-10-7-5-9(6-8-10)15-13-11(14(17)18)3-2-4-12(13)16(19)20/h2-8,15H,1H3,(H,17,18). The Hall–Kier alpha value is -3.09. The van der Waals surface area contributed by atoms with E-state index in [-0.39, 0.29) is 16.9 Å². The summed E-state index contributed by atoms with van der Waals surface area (Å²) in [6.45, 7) is 0. The number of ether oxygens (including phenoxy) is 1. The van der Waals surface area contributed by atoms with Crippen molar-refractivity contribution in [1.29, 1.82) is 0 Å². The molecule has 0 aliphatic rings. The lowest BCUT2D eigenvalue weighted by molar-refractivity contribution is -0.383. The number of aromatic carboxylic acids is 1. The molecule has 0 saturated heterocycles. The Morgan fingerprint density at radius 1 is 1.24 bits per heavy atom. The first kappa shape index (κ1) is 14.3. The van der Waals surface area contributed by atoms with Crippen LogP contribution < -0.4 is 10.1 Å². The van der Waals surface area contributed by atoms with Gasteiger partial charge in [0.1, 0.15) is 11.4 Å². The quantitative estimate of drug-likeness (QED) is 0.647. The summed E-state index contributed by atoms with van der Waals surface area (Å²) in [4.78, 5) is 21.6. The van der Waals surface area contributed by atoms with Gasteiger partial charge in [-0.05, 0) is 30.3 Å². The molecule has 0 aromatic heterocycles. The topological polar surface area (TPSA) is 102 Å². The number of anilines is 2. The van der Waals surface area contributed by atoms with Crippen molar-refractivity contribution < 1.29 is 19.6 Å². The average molecular weight is 288 g/mol. The molecule has 0 amide bonds. The lowest BCUT2D eigenvalue weighted by atomic mass is 10.1. The van der Waals surface area contributed by atoms with Crippen LogP contribution in [0.2, 0.25) is 0 Å². The highest BCUT2D eigenvalue weighted by atomic mass is 16.6. The van der Waals surface area contributed by atoms with Crippen molar-refractivity contribution in [3.8, 4) is 5.75 Å². The zero-order valence-corrected chi connectivity index (χ0v) is 11.1. The number of carboxylic acid groups (broad SMARTS) is 1. The first-order valence-corrected chi connectivity index (χ1v) is 5.94. The minimum absolute atomic E-state index is 0.0554. The molecule has 0 bridgehead atoms. The summed E-state index contributed by atoms with van der Waals surface area (Å²) in [5.41, 5.74) is -0.00139. The number of rotatable bonds is 5. The second-order valence-electron chi connectivity index (χ2n) is 4.12. The highest BCUT2D eigenvalue weighted by Crippen LogP contribution is 2.31. The van der Waals surface area contributed by atoms with E-state index in [2.05, 4.69) is 5.32 Å². The molecule has 2 rings (SSSR count). The first-order valence-electron chi connectivity index (χ1n) is 5.94. The Labute approximate surface area is 119 Å². The third kappa shape index (κ3) is 3.08. The fourth-order valence-electron chi connectivity index (χ4n) is 1.82. The molecule has 108 valence electrons. The Balaban J connectivity index is 2.45. The predicted molar refractivity (Wildman–Crippen MR) is 76.3 cm³/mol. The zero-order chi connectivity index (χ0) is 15.4. The van der Waals surface area contributed by atoms with E-state index in [9.17, 15) is 14.9 Å². The molecule has 2 aromatic rings. The minimum atomic E-state index is -1.24. The zero-order valence-electron chi connectivity index (χ0n) is 11.1. The number of nitrogens with zero attached hydrogens (tertiary/aromatic N) is 1. The van der Waals surface area contributed by atoms with Gasteiger partial charge in [-0.1, -0.05) is 6.07 Å². The van der Waals surface area contributed by atoms with Crippen LogP contribution in [0.15, 0.2) is 42.5 Å². The van der Waals surface area contributed by atoms with E-state index < -0.39 is 10.9 Å². The molecule has 0 aliphatic heterocycles. The van der Waals surface area contributed by atoms with Gasteiger partial charge >= 0.3 is 5.97 Å². The van der Waals surface area contributed by atoms with E-state index in [0.717, 1.165) is 0 Å². The molecular formula is C14H12N2O5. The van der Waals surface area contributed by atoms with Crippen LogP contribution in [-0.2, 0) is 0 Å². The van der Waals surface area contributed by atoms with Gasteiger partial charge in [-0.15, -0.1) is 0 Å². The third-order valence-electron chi connectivity index (χ3n) is 2.83. The molecule has 0 aliphatic carbocycles. The average Bonchev–Trinajstić information content (AvgIpc) is 2.47. The summed E-state index contributed by atoms with van der Waals surface area (Å²) in [6, 6.07) is 10.5. The number of nitro benzene ring substituents is 1. The molecule has 7 nitrogen and oxygen atoms in total. The number of nitrogens with one attached hydrogen (secondary N) is 1. The number of carbonyl (C=O) groups is 1. The van der Waals surface area contributed by atoms with Crippen LogP contribution in [0.4, 0.5) is 17.1 Å². The van der Waals surface area contributed by atoms with Crippen molar-refractivity contribution in [2.45, 2.75) is 0 Å². The summed E-state index contributed by atoms with van der Waals surface area (Å²) >= 11 is 0. The van der Waals surface area contributed by atoms with Gasteiger partial charge in [0.25, 0.3) is 5.69 Å². The van der Waals surface area contributed by atoms with Gasteiger partial charge in [-0.3, -0.25) is 10.1 Å².